The minimum atomic E-state index is 0.142. The number of aromatic nitrogens is 2. The summed E-state index contributed by atoms with van der Waals surface area (Å²) in [5.74, 6) is 1.04. The maximum Gasteiger partial charge on any atom is 0.208 e. The van der Waals surface area contributed by atoms with Crippen LogP contribution in [0.2, 0.25) is 15.1 Å². The zero-order valence-electron chi connectivity index (χ0n) is 17.0. The highest BCUT2D eigenvalue weighted by Gasteiger charge is 2.30. The molecule has 1 aromatic carbocycles. The molecule has 4 rings (SSSR count). The topological polar surface area (TPSA) is 30.2 Å². The third-order valence-corrected chi connectivity index (χ3v) is 8.45. The van der Waals surface area contributed by atoms with Gasteiger partial charge >= 0.3 is 0 Å². The Morgan fingerprint density at radius 2 is 1.89 bits per heavy atom. The number of nitrogens with zero attached hydrogens (tertiary/aromatic N) is 3. The van der Waals surface area contributed by atoms with E-state index in [0.29, 0.717) is 15.2 Å². The van der Waals surface area contributed by atoms with E-state index in [4.69, 9.17) is 16.6 Å². The molecular weight excluding hydrogens is 401 g/mol. The maximum atomic E-state index is 6.16. The lowest BCUT2D eigenvalue weighted by molar-refractivity contribution is 0.749. The van der Waals surface area contributed by atoms with E-state index in [1.54, 1.807) is 0 Å². The Balaban J connectivity index is 1.97. The molecule has 0 fully saturated rings. The average molecular weight is 425 g/mol. The van der Waals surface area contributed by atoms with Crippen molar-refractivity contribution in [1.29, 1.82) is 0 Å². The number of hydrogen-bond acceptors (Lipinski definition) is 3. The monoisotopic (exact) mass is 424 g/mol. The van der Waals surface area contributed by atoms with Gasteiger partial charge in [0.25, 0.3) is 0 Å². The number of imidazole rings is 1. The van der Waals surface area contributed by atoms with Gasteiger partial charge in [-0.1, -0.05) is 47.6 Å². The number of aryl methyl sites for hydroxylation is 2. The van der Waals surface area contributed by atoms with Crippen molar-refractivity contribution in [3.8, 4) is 5.00 Å². The molecule has 143 valence electrons. The molecule has 0 amide bonds. The van der Waals surface area contributed by atoms with Gasteiger partial charge in [-0.05, 0) is 38.5 Å². The molecule has 0 unspecified atom stereocenters. The predicted molar refractivity (Wildman–Crippen MR) is 121 cm³/mol. The van der Waals surface area contributed by atoms with Crippen LogP contribution in [0.3, 0.4) is 0 Å². The van der Waals surface area contributed by atoms with E-state index in [9.17, 15) is 0 Å². The highest BCUT2D eigenvalue weighted by Crippen LogP contribution is 2.40. The number of benzene rings is 1. The van der Waals surface area contributed by atoms with Crippen molar-refractivity contribution in [3.63, 3.8) is 0 Å². The standard InChI is InChI=1S/C19H17ClN3S.C3H7.Al/c1-10-12(3)24-19-17(10)18(14-5-7-15(20)8-6-14)22-11(2)16-9-21-13(4)23(16)19;1-3-2;/h5-9,11H,2H2,1,3-4H3;3H,1-2H3;/t11-;;/m0../s1. The zero-order valence-corrected chi connectivity index (χ0v) is 19.7. The number of rotatable bonds is 4. The molecule has 2 aromatic heterocycles. The first-order valence-electron chi connectivity index (χ1n) is 9.68. The summed E-state index contributed by atoms with van der Waals surface area (Å²) in [6.45, 7) is 11.1. The molecule has 0 saturated heterocycles. The molecule has 6 heteroatoms. The Morgan fingerprint density at radius 3 is 2.57 bits per heavy atom. The van der Waals surface area contributed by atoms with Crippen LogP contribution in [-0.2, 0) is 0 Å². The van der Waals surface area contributed by atoms with Gasteiger partial charge in [-0.15, -0.1) is 11.3 Å². The summed E-state index contributed by atoms with van der Waals surface area (Å²) in [4.78, 5) is 11.3. The normalized spacial score (nSPS) is 15.8. The summed E-state index contributed by atoms with van der Waals surface area (Å²) in [7, 11) is 0. The van der Waals surface area contributed by atoms with Gasteiger partial charge < -0.3 is 0 Å². The summed E-state index contributed by atoms with van der Waals surface area (Å²) in [6, 6.07) is 8.24. The molecule has 1 radical (unpaired) electrons. The first-order chi connectivity index (χ1) is 13.4. The van der Waals surface area contributed by atoms with Crippen LogP contribution >= 0.6 is 22.9 Å². The molecule has 3 nitrogen and oxygen atoms in total. The Bertz CT molecular complexity index is 1050. The molecular formula is C22H24AlClN3S. The lowest BCUT2D eigenvalue weighted by Gasteiger charge is -2.15. The lowest BCUT2D eigenvalue weighted by atomic mass is 10.00. The molecule has 3 aromatic rings. The van der Waals surface area contributed by atoms with Gasteiger partial charge in [0.05, 0.1) is 23.6 Å². The van der Waals surface area contributed by atoms with Gasteiger partial charge in [0.2, 0.25) is 15.2 Å². The third-order valence-electron chi connectivity index (χ3n) is 5.35. The number of hydrogen-bond donors (Lipinski definition) is 0. The minimum absolute atomic E-state index is 0.142. The molecule has 1 aliphatic rings. The molecule has 1 atom stereocenters. The fourth-order valence-corrected chi connectivity index (χ4v) is 6.19. The van der Waals surface area contributed by atoms with E-state index in [1.807, 2.05) is 29.7 Å². The Hall–Kier alpha value is -1.38. The van der Waals surface area contributed by atoms with E-state index in [2.05, 4.69) is 56.3 Å². The summed E-state index contributed by atoms with van der Waals surface area (Å²) < 4.78 is 3.07. The van der Waals surface area contributed by atoms with Crippen LogP contribution in [0.4, 0.5) is 0 Å². The molecule has 0 aliphatic carbocycles. The fraction of sp³-hybridized carbons (Fsp3) is 0.364. The van der Waals surface area contributed by atoms with Crippen LogP contribution in [0, 0.1) is 20.8 Å². The second-order valence-corrected chi connectivity index (χ2v) is 11.7. The molecule has 0 bridgehead atoms. The molecule has 1 aliphatic heterocycles. The van der Waals surface area contributed by atoms with Gasteiger partial charge in [-0.2, -0.15) is 0 Å². The highest BCUT2D eigenvalue weighted by atomic mass is 35.5. The van der Waals surface area contributed by atoms with E-state index in [0.717, 1.165) is 32.2 Å². The lowest BCUT2D eigenvalue weighted by Crippen LogP contribution is -2.08. The third kappa shape index (κ3) is 3.50. The largest absolute Gasteiger partial charge is 0.289 e. The SMILES string of the molecule is Cc1sc2c(c1C)C(c1ccc(Cl)cc1)=N[C@@H]([CH2][Al][CH](C)C)c1cnc(C)n1-2. The van der Waals surface area contributed by atoms with Crippen molar-refractivity contribution in [2.45, 2.75) is 50.7 Å². The molecule has 0 spiro atoms. The first-order valence-corrected chi connectivity index (χ1v) is 12.4. The minimum Gasteiger partial charge on any atom is -0.289 e. The van der Waals surface area contributed by atoms with Crippen LogP contribution in [0.25, 0.3) is 5.00 Å². The zero-order chi connectivity index (χ0) is 20.0. The molecule has 3 heterocycles. The summed E-state index contributed by atoms with van der Waals surface area (Å²) in [5, 5.41) is 3.10. The first kappa shape index (κ1) is 19.9. The average Bonchev–Trinajstić information content (AvgIpc) is 3.12. The van der Waals surface area contributed by atoms with Crippen molar-refractivity contribution >= 4 is 43.9 Å². The Labute approximate surface area is 182 Å². The van der Waals surface area contributed by atoms with E-state index in [1.165, 1.54) is 26.7 Å². The van der Waals surface area contributed by atoms with Crippen LogP contribution in [0.1, 0.15) is 53.0 Å². The highest BCUT2D eigenvalue weighted by molar-refractivity contribution is 7.15. The maximum absolute atomic E-state index is 6.16. The van der Waals surface area contributed by atoms with Crippen LogP contribution in [0.15, 0.2) is 35.5 Å². The van der Waals surface area contributed by atoms with Gasteiger partial charge in [-0.3, -0.25) is 9.56 Å². The van der Waals surface area contributed by atoms with E-state index >= 15 is 0 Å². The Kier molecular flexibility index (Phi) is 5.55. The van der Waals surface area contributed by atoms with Crippen molar-refractivity contribution in [1.82, 2.24) is 9.55 Å². The van der Waals surface area contributed by atoms with Crippen LogP contribution in [-0.4, -0.2) is 30.5 Å². The van der Waals surface area contributed by atoms with Gasteiger partial charge in [0.15, 0.2) is 0 Å². The van der Waals surface area contributed by atoms with Crippen molar-refractivity contribution in [2.75, 3.05) is 0 Å². The quantitative estimate of drug-likeness (QED) is 0.448. The molecule has 28 heavy (non-hydrogen) atoms. The number of fused-ring (bicyclic) bond motifs is 3. The van der Waals surface area contributed by atoms with Crippen molar-refractivity contribution < 1.29 is 0 Å². The second-order valence-electron chi connectivity index (χ2n) is 7.74. The van der Waals surface area contributed by atoms with Crippen molar-refractivity contribution in [2.24, 2.45) is 4.99 Å². The van der Waals surface area contributed by atoms with Gasteiger partial charge in [-0.25, -0.2) is 4.98 Å². The second kappa shape index (κ2) is 7.80. The summed E-state index contributed by atoms with van der Waals surface area (Å²) >= 11 is 8.33. The van der Waals surface area contributed by atoms with Gasteiger partial charge in [0.1, 0.15) is 10.8 Å². The van der Waals surface area contributed by atoms with Crippen molar-refractivity contribution in [3.05, 3.63) is 68.6 Å². The van der Waals surface area contributed by atoms with Gasteiger partial charge in [0, 0.05) is 21.0 Å². The molecule has 0 N–H and O–H groups in total. The number of halogens is 1. The summed E-state index contributed by atoms with van der Waals surface area (Å²) in [5.41, 5.74) is 5.99. The fourth-order valence-electron chi connectivity index (χ4n) is 3.69. The predicted octanol–water partition coefficient (Wildman–Crippen LogP) is 6.36. The smallest absolute Gasteiger partial charge is 0.208 e. The number of aliphatic imine (C=N–C) groups is 1. The molecule has 0 saturated carbocycles. The Morgan fingerprint density at radius 1 is 1.18 bits per heavy atom. The van der Waals surface area contributed by atoms with E-state index in [-0.39, 0.29) is 6.04 Å². The van der Waals surface area contributed by atoms with E-state index < -0.39 is 0 Å². The summed E-state index contributed by atoms with van der Waals surface area (Å²) in [6.07, 6.45) is 2.03. The number of thiophene rings is 1. The van der Waals surface area contributed by atoms with Crippen LogP contribution < -0.4 is 0 Å². The van der Waals surface area contributed by atoms with Crippen LogP contribution in [0.5, 0.6) is 0 Å².